The van der Waals surface area contributed by atoms with Gasteiger partial charge in [0.25, 0.3) is 0 Å². The summed E-state index contributed by atoms with van der Waals surface area (Å²) in [4.78, 5) is 24.8. The number of carbonyl (C=O) groups excluding carboxylic acids is 1. The van der Waals surface area contributed by atoms with E-state index >= 15 is 0 Å². The second-order valence-corrected chi connectivity index (χ2v) is 16.3. The lowest BCUT2D eigenvalue weighted by Gasteiger charge is -2.65. The van der Waals surface area contributed by atoms with Crippen LogP contribution in [0.5, 0.6) is 0 Å². The molecule has 1 aromatic heterocycles. The van der Waals surface area contributed by atoms with Crippen molar-refractivity contribution >= 4 is 6.29 Å². The van der Waals surface area contributed by atoms with Crippen molar-refractivity contribution < 1.29 is 69.0 Å². The minimum absolute atomic E-state index is 0.0215. The van der Waals surface area contributed by atoms with E-state index in [1.807, 2.05) is 0 Å². The monoisotopic (exact) mass is 724 g/mol. The first-order valence-electron chi connectivity index (χ1n) is 18.3. The number of rotatable bonds is 7. The van der Waals surface area contributed by atoms with Gasteiger partial charge >= 0.3 is 5.63 Å². The van der Waals surface area contributed by atoms with Gasteiger partial charge in [-0.1, -0.05) is 6.92 Å². The number of carbonyl (C=O) groups is 1. The van der Waals surface area contributed by atoms with Crippen LogP contribution in [0.3, 0.4) is 0 Å². The van der Waals surface area contributed by atoms with Crippen LogP contribution in [0.2, 0.25) is 0 Å². The summed E-state index contributed by atoms with van der Waals surface area (Å²) in [6, 6.07) is 3.17. The van der Waals surface area contributed by atoms with Gasteiger partial charge in [-0.2, -0.15) is 0 Å². The molecule has 1 unspecified atom stereocenters. The van der Waals surface area contributed by atoms with Gasteiger partial charge in [-0.3, -0.25) is 0 Å². The SMILES string of the molecule is C[C@@H]1O[C@@H](O[C@H]2CC[C@]3(C=O)[C@H]4CC[C@]5(C)[C@@H](c6ccc(=O)oc6)CC[C@]5(O)C4CC[C@]3(O)C2)[C@H](O)[C@H](O)[C@H]1O[C@@H]1O[C@H](CO)[C@@H](O)[C@H](O)[C@H]1O. The van der Waals surface area contributed by atoms with Crippen LogP contribution in [0.4, 0.5) is 0 Å². The van der Waals surface area contributed by atoms with Crippen LogP contribution in [-0.2, 0) is 23.7 Å². The average molecular weight is 725 g/mol. The Morgan fingerprint density at radius 2 is 1.55 bits per heavy atom. The van der Waals surface area contributed by atoms with E-state index in [2.05, 4.69) is 6.92 Å². The zero-order valence-corrected chi connectivity index (χ0v) is 28.9. The molecule has 2 saturated heterocycles. The van der Waals surface area contributed by atoms with Gasteiger partial charge in [0.1, 0.15) is 49.0 Å². The Morgan fingerprint density at radius 1 is 0.843 bits per heavy atom. The highest BCUT2D eigenvalue weighted by molar-refractivity contribution is 5.64. The third-order valence-corrected chi connectivity index (χ3v) is 14.1. The lowest BCUT2D eigenvalue weighted by molar-refractivity contribution is -0.361. The summed E-state index contributed by atoms with van der Waals surface area (Å²) in [7, 11) is 0. The minimum Gasteiger partial charge on any atom is -0.431 e. The topological polar surface area (TPSA) is 246 Å². The van der Waals surface area contributed by atoms with Crippen LogP contribution in [0.25, 0.3) is 0 Å². The zero-order valence-electron chi connectivity index (χ0n) is 28.9. The highest BCUT2D eigenvalue weighted by atomic mass is 16.7. The molecule has 4 saturated carbocycles. The van der Waals surface area contributed by atoms with Gasteiger partial charge in [-0.25, -0.2) is 4.79 Å². The second-order valence-electron chi connectivity index (χ2n) is 16.3. The zero-order chi connectivity index (χ0) is 36.7. The van der Waals surface area contributed by atoms with Gasteiger partial charge in [-0.05, 0) is 87.7 Å². The lowest BCUT2D eigenvalue weighted by Crippen LogP contribution is -2.69. The summed E-state index contributed by atoms with van der Waals surface area (Å²) in [6.07, 6.45) is -8.77. The number of hydrogen-bond donors (Lipinski definition) is 8. The smallest absolute Gasteiger partial charge is 0.335 e. The molecule has 0 amide bonds. The van der Waals surface area contributed by atoms with Gasteiger partial charge in [0.05, 0.1) is 41.7 Å². The molecule has 8 N–H and O–H groups in total. The number of aldehydes is 1. The van der Waals surface area contributed by atoms with E-state index in [1.54, 1.807) is 13.0 Å². The number of ether oxygens (including phenoxy) is 4. The van der Waals surface area contributed by atoms with Crippen LogP contribution in [-0.4, -0.2) is 132 Å². The quantitative estimate of drug-likeness (QED) is 0.127. The van der Waals surface area contributed by atoms with Crippen molar-refractivity contribution in [3.05, 3.63) is 34.4 Å². The summed E-state index contributed by atoms with van der Waals surface area (Å²) >= 11 is 0. The Kier molecular flexibility index (Phi) is 9.89. The highest BCUT2D eigenvalue weighted by Gasteiger charge is 2.71. The molecule has 3 heterocycles. The molecule has 7 rings (SSSR count). The van der Waals surface area contributed by atoms with Gasteiger partial charge in [0.2, 0.25) is 0 Å². The fraction of sp³-hybridized carbons (Fsp3) is 0.833. The summed E-state index contributed by atoms with van der Waals surface area (Å²) in [6.45, 7) is 2.98. The van der Waals surface area contributed by atoms with Crippen molar-refractivity contribution in [1.82, 2.24) is 0 Å². The van der Waals surface area contributed by atoms with Crippen LogP contribution in [0.15, 0.2) is 27.6 Å². The first kappa shape index (κ1) is 37.5. The fourth-order valence-electron chi connectivity index (χ4n) is 11.2. The summed E-state index contributed by atoms with van der Waals surface area (Å²) < 4.78 is 28.4. The van der Waals surface area contributed by atoms with Gasteiger partial charge in [0.15, 0.2) is 12.6 Å². The van der Waals surface area contributed by atoms with Crippen molar-refractivity contribution in [1.29, 1.82) is 0 Å². The predicted octanol–water partition coefficient (Wildman–Crippen LogP) is -0.788. The Balaban J connectivity index is 1.03. The highest BCUT2D eigenvalue weighted by Crippen LogP contribution is 2.71. The van der Waals surface area contributed by atoms with Crippen molar-refractivity contribution in [2.45, 2.75) is 156 Å². The molecule has 15 nitrogen and oxygen atoms in total. The third kappa shape index (κ3) is 5.70. The number of fused-ring (bicyclic) bond motifs is 5. The first-order valence-corrected chi connectivity index (χ1v) is 18.3. The van der Waals surface area contributed by atoms with E-state index in [-0.39, 0.29) is 30.6 Å². The van der Waals surface area contributed by atoms with Crippen molar-refractivity contribution in [2.75, 3.05) is 6.61 Å². The van der Waals surface area contributed by atoms with E-state index in [0.29, 0.717) is 44.9 Å². The Morgan fingerprint density at radius 3 is 2.24 bits per heavy atom. The number of aliphatic hydroxyl groups excluding tert-OH is 6. The Bertz CT molecular complexity index is 1470. The molecule has 286 valence electrons. The maximum Gasteiger partial charge on any atom is 0.335 e. The standard InChI is InChI=1S/C36H52O15/c1-17-30(51-32-28(43)26(41)25(40)23(14-37)50-32)27(42)29(44)31(48-17)49-19-5-10-34(16-38)21-6-9-33(2)20(18-3-4-24(39)47-15-18)8-12-36(33,46)22(21)7-11-35(34,45)13-19/h3-4,15-17,19-23,25-32,37,40-46H,5-14H2,1-2H3/t17-,19-,20+,21-,22?,23+,25+,26-,27-,28+,29+,30-,31-,32-,33+,34-,35-,36-/m0/s1. The molecule has 0 radical (unpaired) electrons. The van der Waals surface area contributed by atoms with Crippen LogP contribution in [0, 0.1) is 22.7 Å². The molecule has 6 fully saturated rings. The molecule has 6 aliphatic rings. The van der Waals surface area contributed by atoms with E-state index in [4.69, 9.17) is 23.4 Å². The summed E-state index contributed by atoms with van der Waals surface area (Å²) in [5, 5.41) is 87.1. The number of aliphatic hydroxyl groups is 8. The maximum absolute atomic E-state index is 13.2. The molecular weight excluding hydrogens is 672 g/mol. The molecule has 2 aliphatic heterocycles. The van der Waals surface area contributed by atoms with Crippen LogP contribution < -0.4 is 5.63 Å². The van der Waals surface area contributed by atoms with E-state index < -0.39 is 102 Å². The van der Waals surface area contributed by atoms with E-state index in [9.17, 15) is 50.4 Å². The number of hydrogen-bond acceptors (Lipinski definition) is 15. The second kappa shape index (κ2) is 13.5. The normalized spacial score (nSPS) is 52.7. The summed E-state index contributed by atoms with van der Waals surface area (Å²) in [5.41, 5.74) is -3.71. The molecule has 18 atom stereocenters. The molecule has 4 aliphatic carbocycles. The van der Waals surface area contributed by atoms with E-state index in [0.717, 1.165) is 11.8 Å². The lowest BCUT2D eigenvalue weighted by atomic mass is 9.41. The molecule has 1 aromatic rings. The Labute approximate surface area is 295 Å². The van der Waals surface area contributed by atoms with Crippen molar-refractivity contribution in [3.63, 3.8) is 0 Å². The van der Waals surface area contributed by atoms with Gasteiger partial charge in [0, 0.05) is 17.9 Å². The summed E-state index contributed by atoms with van der Waals surface area (Å²) in [5.74, 6) is -0.509. The maximum atomic E-state index is 13.2. The van der Waals surface area contributed by atoms with Crippen molar-refractivity contribution in [2.24, 2.45) is 22.7 Å². The molecule has 0 aromatic carbocycles. The van der Waals surface area contributed by atoms with Crippen LogP contribution in [0.1, 0.15) is 83.1 Å². The molecule has 0 spiro atoms. The van der Waals surface area contributed by atoms with Gasteiger partial charge < -0.3 is 69.0 Å². The Hall–Kier alpha value is -1.86. The molecular formula is C36H52O15. The van der Waals surface area contributed by atoms with E-state index in [1.165, 1.54) is 12.3 Å². The van der Waals surface area contributed by atoms with Gasteiger partial charge in [-0.15, -0.1) is 0 Å². The fourth-order valence-corrected chi connectivity index (χ4v) is 11.2. The predicted molar refractivity (Wildman–Crippen MR) is 173 cm³/mol. The molecule has 15 heteroatoms. The minimum atomic E-state index is -1.72. The van der Waals surface area contributed by atoms with Crippen molar-refractivity contribution in [3.8, 4) is 0 Å². The first-order chi connectivity index (χ1) is 24.1. The average Bonchev–Trinajstić information content (AvgIpc) is 3.39. The van der Waals surface area contributed by atoms with Crippen LogP contribution >= 0.6 is 0 Å². The molecule has 0 bridgehead atoms. The largest absolute Gasteiger partial charge is 0.431 e. The molecule has 51 heavy (non-hydrogen) atoms. The third-order valence-electron chi connectivity index (χ3n) is 14.1.